The van der Waals surface area contributed by atoms with E-state index in [-0.39, 0.29) is 5.78 Å². The molecular formula is C13H18O2S2. The number of thioether (sulfide) groups is 1. The fourth-order valence-corrected chi connectivity index (χ4v) is 3.81. The maximum atomic E-state index is 11.9. The number of aryl methyl sites for hydroxylation is 1. The molecule has 1 unspecified atom stereocenters. The van der Waals surface area contributed by atoms with Crippen molar-refractivity contribution in [3.63, 3.8) is 0 Å². The van der Waals surface area contributed by atoms with E-state index in [1.54, 1.807) is 23.1 Å². The number of rotatable bonds is 6. The van der Waals surface area contributed by atoms with Crippen LogP contribution in [-0.2, 0) is 11.2 Å². The zero-order valence-corrected chi connectivity index (χ0v) is 11.7. The van der Waals surface area contributed by atoms with E-state index in [0.29, 0.717) is 11.9 Å². The molecule has 1 aromatic heterocycles. The second kappa shape index (κ2) is 6.57. The van der Waals surface area contributed by atoms with Crippen LogP contribution < -0.4 is 0 Å². The lowest BCUT2D eigenvalue weighted by atomic mass is 10.3. The summed E-state index contributed by atoms with van der Waals surface area (Å²) < 4.78 is 5.53. The molecule has 0 N–H and O–H groups in total. The predicted molar refractivity (Wildman–Crippen MR) is 74.3 cm³/mol. The summed E-state index contributed by atoms with van der Waals surface area (Å²) in [6, 6.07) is 4.01. The van der Waals surface area contributed by atoms with Gasteiger partial charge in [0.15, 0.2) is 5.78 Å². The van der Waals surface area contributed by atoms with Gasteiger partial charge in [0.05, 0.1) is 16.7 Å². The molecule has 0 bridgehead atoms. The first kappa shape index (κ1) is 13.1. The van der Waals surface area contributed by atoms with Crippen LogP contribution >= 0.6 is 23.1 Å². The predicted octanol–water partition coefficient (Wildman–Crippen LogP) is 3.41. The Balaban J connectivity index is 1.72. The van der Waals surface area contributed by atoms with E-state index in [4.69, 9.17) is 4.74 Å². The number of Topliss-reactive ketones (excluding diaryl/α,β-unsaturated/α-hetero) is 1. The molecule has 0 aliphatic carbocycles. The largest absolute Gasteiger partial charge is 0.377 e. The van der Waals surface area contributed by atoms with Gasteiger partial charge in [0.25, 0.3) is 0 Å². The van der Waals surface area contributed by atoms with E-state index in [0.717, 1.165) is 30.1 Å². The van der Waals surface area contributed by atoms with Crippen LogP contribution in [0.3, 0.4) is 0 Å². The van der Waals surface area contributed by atoms with Crippen LogP contribution in [0.4, 0.5) is 0 Å². The van der Waals surface area contributed by atoms with Gasteiger partial charge in [-0.15, -0.1) is 11.3 Å². The minimum atomic E-state index is 0.262. The Morgan fingerprint density at radius 3 is 3.12 bits per heavy atom. The van der Waals surface area contributed by atoms with E-state index in [1.165, 1.54) is 11.3 Å². The van der Waals surface area contributed by atoms with Crippen LogP contribution in [0.15, 0.2) is 12.1 Å². The van der Waals surface area contributed by atoms with Crippen molar-refractivity contribution in [1.82, 2.24) is 0 Å². The van der Waals surface area contributed by atoms with Crippen LogP contribution in [0.5, 0.6) is 0 Å². The summed E-state index contributed by atoms with van der Waals surface area (Å²) in [4.78, 5) is 14.1. The Kier molecular flexibility index (Phi) is 5.07. The van der Waals surface area contributed by atoms with Gasteiger partial charge in [-0.05, 0) is 31.4 Å². The van der Waals surface area contributed by atoms with Gasteiger partial charge in [0, 0.05) is 17.2 Å². The van der Waals surface area contributed by atoms with Crippen molar-refractivity contribution in [2.24, 2.45) is 0 Å². The van der Waals surface area contributed by atoms with Gasteiger partial charge < -0.3 is 4.74 Å². The lowest BCUT2D eigenvalue weighted by Gasteiger charge is -2.07. The molecular weight excluding hydrogens is 252 g/mol. The average molecular weight is 270 g/mol. The maximum Gasteiger partial charge on any atom is 0.182 e. The van der Waals surface area contributed by atoms with Crippen molar-refractivity contribution in [3.05, 3.63) is 21.9 Å². The van der Waals surface area contributed by atoms with Crippen molar-refractivity contribution in [2.45, 2.75) is 32.3 Å². The number of carbonyl (C=O) groups is 1. The summed E-state index contributed by atoms with van der Waals surface area (Å²) in [6.45, 7) is 3.01. The lowest BCUT2D eigenvalue weighted by Crippen LogP contribution is -2.10. The molecule has 0 spiro atoms. The second-order valence-electron chi connectivity index (χ2n) is 4.19. The molecule has 2 nitrogen and oxygen atoms in total. The Labute approximate surface area is 111 Å². The van der Waals surface area contributed by atoms with Crippen molar-refractivity contribution in [1.29, 1.82) is 0 Å². The zero-order valence-electron chi connectivity index (χ0n) is 10.1. The number of hydrogen-bond acceptors (Lipinski definition) is 4. The van der Waals surface area contributed by atoms with Crippen molar-refractivity contribution < 1.29 is 9.53 Å². The minimum absolute atomic E-state index is 0.262. The SMILES string of the molecule is CCc1ccc(C(=O)CSCC2CCCO2)s1. The summed E-state index contributed by atoms with van der Waals surface area (Å²) in [5.74, 6) is 1.80. The van der Waals surface area contributed by atoms with Crippen LogP contribution in [-0.4, -0.2) is 30.0 Å². The zero-order chi connectivity index (χ0) is 12.1. The Bertz CT molecular complexity index is 367. The van der Waals surface area contributed by atoms with E-state index in [1.807, 2.05) is 6.07 Å². The molecule has 1 aromatic rings. The van der Waals surface area contributed by atoms with E-state index in [2.05, 4.69) is 13.0 Å². The molecule has 0 radical (unpaired) electrons. The van der Waals surface area contributed by atoms with Gasteiger partial charge in [0.1, 0.15) is 0 Å². The van der Waals surface area contributed by atoms with Gasteiger partial charge in [0.2, 0.25) is 0 Å². The number of ether oxygens (including phenoxy) is 1. The molecule has 94 valence electrons. The van der Waals surface area contributed by atoms with Gasteiger partial charge in [-0.1, -0.05) is 6.92 Å². The molecule has 4 heteroatoms. The fourth-order valence-electron chi connectivity index (χ4n) is 1.85. The third kappa shape index (κ3) is 3.83. The highest BCUT2D eigenvalue weighted by atomic mass is 32.2. The molecule has 0 aromatic carbocycles. The lowest BCUT2D eigenvalue weighted by molar-refractivity contribution is 0.102. The fraction of sp³-hybridized carbons (Fsp3) is 0.615. The molecule has 1 aliphatic rings. The van der Waals surface area contributed by atoms with Crippen molar-refractivity contribution >= 4 is 28.9 Å². The molecule has 17 heavy (non-hydrogen) atoms. The molecule has 0 saturated carbocycles. The number of ketones is 1. The summed E-state index contributed by atoms with van der Waals surface area (Å²) in [5, 5.41) is 0. The summed E-state index contributed by atoms with van der Waals surface area (Å²) >= 11 is 3.33. The quantitative estimate of drug-likeness (QED) is 0.741. The normalized spacial score (nSPS) is 19.7. The van der Waals surface area contributed by atoms with Crippen LogP contribution in [0, 0.1) is 0 Å². The number of hydrogen-bond donors (Lipinski definition) is 0. The first-order valence-corrected chi connectivity index (χ1v) is 8.08. The Hall–Kier alpha value is -0.320. The van der Waals surface area contributed by atoms with Gasteiger partial charge in [-0.3, -0.25) is 4.79 Å². The summed E-state index contributed by atoms with van der Waals surface area (Å²) in [5.41, 5.74) is 0. The molecule has 1 atom stereocenters. The van der Waals surface area contributed by atoms with Gasteiger partial charge in [-0.25, -0.2) is 0 Å². The molecule has 2 rings (SSSR count). The third-order valence-electron chi connectivity index (χ3n) is 2.85. The highest BCUT2D eigenvalue weighted by Gasteiger charge is 2.16. The third-order valence-corrected chi connectivity index (χ3v) is 5.19. The monoisotopic (exact) mass is 270 g/mol. The molecule has 1 saturated heterocycles. The Morgan fingerprint density at radius 2 is 2.47 bits per heavy atom. The maximum absolute atomic E-state index is 11.9. The van der Waals surface area contributed by atoms with E-state index >= 15 is 0 Å². The van der Waals surface area contributed by atoms with E-state index in [9.17, 15) is 4.79 Å². The summed E-state index contributed by atoms with van der Waals surface area (Å²) in [7, 11) is 0. The standard InChI is InChI=1S/C13H18O2S2/c1-2-11-5-6-13(17-11)12(14)9-16-8-10-4-3-7-15-10/h5-6,10H,2-4,7-9H2,1H3. The smallest absolute Gasteiger partial charge is 0.182 e. The van der Waals surface area contributed by atoms with Crippen LogP contribution in [0.25, 0.3) is 0 Å². The highest BCUT2D eigenvalue weighted by Crippen LogP contribution is 2.21. The van der Waals surface area contributed by atoms with Crippen LogP contribution in [0.1, 0.15) is 34.3 Å². The van der Waals surface area contributed by atoms with Gasteiger partial charge in [-0.2, -0.15) is 11.8 Å². The molecule has 0 amide bonds. The average Bonchev–Trinajstić information content (AvgIpc) is 2.99. The molecule has 1 fully saturated rings. The Morgan fingerprint density at radius 1 is 1.59 bits per heavy atom. The minimum Gasteiger partial charge on any atom is -0.377 e. The topological polar surface area (TPSA) is 26.3 Å². The van der Waals surface area contributed by atoms with Crippen molar-refractivity contribution in [3.8, 4) is 0 Å². The molecule has 2 heterocycles. The number of thiophene rings is 1. The van der Waals surface area contributed by atoms with Gasteiger partial charge >= 0.3 is 0 Å². The number of carbonyl (C=O) groups excluding carboxylic acids is 1. The highest BCUT2D eigenvalue weighted by molar-refractivity contribution is 8.00. The first-order valence-electron chi connectivity index (χ1n) is 6.11. The molecule has 1 aliphatic heterocycles. The van der Waals surface area contributed by atoms with Crippen molar-refractivity contribution in [2.75, 3.05) is 18.1 Å². The van der Waals surface area contributed by atoms with Crippen LogP contribution in [0.2, 0.25) is 0 Å². The first-order chi connectivity index (χ1) is 8.29. The summed E-state index contributed by atoms with van der Waals surface area (Å²) in [6.07, 6.45) is 3.72. The van der Waals surface area contributed by atoms with E-state index < -0.39 is 0 Å². The second-order valence-corrected chi connectivity index (χ2v) is 6.39.